The second-order valence-corrected chi connectivity index (χ2v) is 3.04. The van der Waals surface area contributed by atoms with Crippen LogP contribution in [0.1, 0.15) is 30.4 Å². The van der Waals surface area contributed by atoms with Crippen molar-refractivity contribution in [1.82, 2.24) is 14.8 Å². The highest BCUT2D eigenvalue weighted by molar-refractivity contribution is 5.96. The van der Waals surface area contributed by atoms with Crippen molar-refractivity contribution in [3.63, 3.8) is 0 Å². The normalized spacial score (nSPS) is 16.4. The summed E-state index contributed by atoms with van der Waals surface area (Å²) < 4.78 is 1.65. The molecule has 1 saturated carbocycles. The van der Waals surface area contributed by atoms with Gasteiger partial charge in [-0.05, 0) is 19.8 Å². The van der Waals surface area contributed by atoms with Gasteiger partial charge in [-0.2, -0.15) is 5.10 Å². The lowest BCUT2D eigenvalue weighted by atomic mass is 10.2. The van der Waals surface area contributed by atoms with E-state index in [4.69, 9.17) is 0 Å². The van der Waals surface area contributed by atoms with Crippen LogP contribution in [0, 0.1) is 5.92 Å². The Morgan fingerprint density at radius 1 is 1.75 bits per heavy atom. The highest BCUT2D eigenvalue weighted by atomic mass is 16.1. The average Bonchev–Trinajstić information content (AvgIpc) is 2.82. The highest BCUT2D eigenvalue weighted by Crippen LogP contribution is 2.31. The third-order valence-electron chi connectivity index (χ3n) is 2.08. The van der Waals surface area contributed by atoms with Gasteiger partial charge in [-0.3, -0.25) is 4.79 Å². The Hall–Kier alpha value is -1.19. The fraction of sp³-hybridized carbons (Fsp3) is 0.625. The predicted molar refractivity (Wildman–Crippen MR) is 42.8 cm³/mol. The minimum Gasteiger partial charge on any atom is -0.290 e. The van der Waals surface area contributed by atoms with Crippen LogP contribution in [0.2, 0.25) is 0 Å². The Morgan fingerprint density at radius 2 is 2.50 bits per heavy atom. The summed E-state index contributed by atoms with van der Waals surface area (Å²) in [5.74, 6) is 0.925. The summed E-state index contributed by atoms with van der Waals surface area (Å²) in [7, 11) is 0. The number of hydrogen-bond donors (Lipinski definition) is 0. The molecular formula is C8H11N3O. The summed E-state index contributed by atoms with van der Waals surface area (Å²) in [6.45, 7) is 2.67. The van der Waals surface area contributed by atoms with E-state index in [0.717, 1.165) is 12.8 Å². The molecule has 1 heterocycles. The van der Waals surface area contributed by atoms with Crippen LogP contribution in [-0.2, 0) is 6.54 Å². The van der Waals surface area contributed by atoms with Crippen molar-refractivity contribution in [3.8, 4) is 0 Å². The van der Waals surface area contributed by atoms with E-state index in [1.807, 2.05) is 6.92 Å². The number of hydrogen-bond acceptors (Lipinski definition) is 3. The summed E-state index contributed by atoms with van der Waals surface area (Å²) >= 11 is 0. The molecule has 0 radical (unpaired) electrons. The predicted octanol–water partition coefficient (Wildman–Crippen LogP) is 0.891. The summed E-state index contributed by atoms with van der Waals surface area (Å²) in [6.07, 6.45) is 3.49. The van der Waals surface area contributed by atoms with Gasteiger partial charge in [0.25, 0.3) is 0 Å². The first-order valence-electron chi connectivity index (χ1n) is 4.25. The third kappa shape index (κ3) is 1.13. The molecule has 0 aromatic carbocycles. The van der Waals surface area contributed by atoms with Gasteiger partial charge in [-0.1, -0.05) is 0 Å². The van der Waals surface area contributed by atoms with Crippen molar-refractivity contribution < 1.29 is 4.79 Å². The molecule has 0 saturated heterocycles. The van der Waals surface area contributed by atoms with E-state index >= 15 is 0 Å². The van der Waals surface area contributed by atoms with Gasteiger partial charge in [0.15, 0.2) is 5.82 Å². The third-order valence-corrected chi connectivity index (χ3v) is 2.08. The number of aromatic nitrogens is 3. The van der Waals surface area contributed by atoms with E-state index in [-0.39, 0.29) is 11.7 Å². The number of ketones is 1. The van der Waals surface area contributed by atoms with Gasteiger partial charge in [0.05, 0.1) is 0 Å². The molecule has 1 aromatic rings. The number of carbonyl (C=O) groups excluding carboxylic acids is 1. The summed E-state index contributed by atoms with van der Waals surface area (Å²) in [6, 6.07) is 0. The van der Waals surface area contributed by atoms with E-state index in [9.17, 15) is 4.79 Å². The minimum atomic E-state index is 0.161. The Morgan fingerprint density at radius 3 is 3.08 bits per heavy atom. The molecule has 2 rings (SSSR count). The molecule has 0 bridgehead atoms. The van der Waals surface area contributed by atoms with Crippen molar-refractivity contribution >= 4 is 5.78 Å². The Balaban J connectivity index is 2.25. The van der Waals surface area contributed by atoms with Crippen LogP contribution >= 0.6 is 0 Å². The number of Topliss-reactive ketones (excluding diaryl/α,β-unsaturated/α-hetero) is 1. The lowest BCUT2D eigenvalue weighted by Crippen LogP contribution is -2.12. The Labute approximate surface area is 70.6 Å². The molecule has 64 valence electrons. The van der Waals surface area contributed by atoms with Crippen LogP contribution < -0.4 is 0 Å². The average molecular weight is 165 g/mol. The minimum absolute atomic E-state index is 0.161. The first-order valence-corrected chi connectivity index (χ1v) is 4.25. The quantitative estimate of drug-likeness (QED) is 0.625. The van der Waals surface area contributed by atoms with E-state index in [1.165, 1.54) is 6.33 Å². The molecule has 4 nitrogen and oxygen atoms in total. The lowest BCUT2D eigenvalue weighted by molar-refractivity contribution is 0.0952. The van der Waals surface area contributed by atoms with Gasteiger partial charge in [0.1, 0.15) is 6.33 Å². The van der Waals surface area contributed by atoms with Crippen molar-refractivity contribution in [3.05, 3.63) is 12.2 Å². The van der Waals surface area contributed by atoms with Crippen molar-refractivity contribution in [2.75, 3.05) is 0 Å². The molecule has 0 aliphatic heterocycles. The Kier molecular flexibility index (Phi) is 1.67. The highest BCUT2D eigenvalue weighted by Gasteiger charge is 2.33. The van der Waals surface area contributed by atoms with Gasteiger partial charge in [0, 0.05) is 12.5 Å². The van der Waals surface area contributed by atoms with Crippen LogP contribution in [0.15, 0.2) is 6.33 Å². The molecule has 0 spiro atoms. The van der Waals surface area contributed by atoms with Crippen molar-refractivity contribution in [2.45, 2.75) is 26.3 Å². The zero-order valence-electron chi connectivity index (χ0n) is 7.03. The van der Waals surface area contributed by atoms with E-state index < -0.39 is 0 Å². The van der Waals surface area contributed by atoms with Crippen molar-refractivity contribution in [2.24, 2.45) is 5.92 Å². The number of nitrogens with zero attached hydrogens (tertiary/aromatic N) is 3. The molecule has 4 heteroatoms. The molecular weight excluding hydrogens is 154 g/mol. The molecule has 0 amide bonds. The van der Waals surface area contributed by atoms with E-state index in [0.29, 0.717) is 12.4 Å². The van der Waals surface area contributed by atoms with Gasteiger partial charge in [0.2, 0.25) is 5.78 Å². The maximum Gasteiger partial charge on any atom is 0.202 e. The van der Waals surface area contributed by atoms with Gasteiger partial charge < -0.3 is 0 Å². The molecule has 1 fully saturated rings. The van der Waals surface area contributed by atoms with Crippen LogP contribution in [0.4, 0.5) is 0 Å². The van der Waals surface area contributed by atoms with Crippen LogP contribution in [0.5, 0.6) is 0 Å². The van der Waals surface area contributed by atoms with Crippen LogP contribution in [0.25, 0.3) is 0 Å². The molecule has 0 N–H and O–H groups in total. The zero-order chi connectivity index (χ0) is 8.55. The number of carbonyl (C=O) groups is 1. The lowest BCUT2D eigenvalue weighted by Gasteiger charge is -1.99. The molecule has 1 aliphatic carbocycles. The second-order valence-electron chi connectivity index (χ2n) is 3.04. The molecule has 0 atom stereocenters. The number of aryl methyl sites for hydroxylation is 1. The first kappa shape index (κ1) is 7.46. The fourth-order valence-electron chi connectivity index (χ4n) is 1.21. The topological polar surface area (TPSA) is 47.8 Å². The summed E-state index contributed by atoms with van der Waals surface area (Å²) in [4.78, 5) is 15.5. The monoisotopic (exact) mass is 165 g/mol. The van der Waals surface area contributed by atoms with E-state index in [1.54, 1.807) is 4.68 Å². The summed E-state index contributed by atoms with van der Waals surface area (Å²) in [5.41, 5.74) is 0. The van der Waals surface area contributed by atoms with E-state index in [2.05, 4.69) is 10.1 Å². The maximum absolute atomic E-state index is 11.5. The second kappa shape index (κ2) is 2.69. The van der Waals surface area contributed by atoms with Crippen molar-refractivity contribution in [1.29, 1.82) is 0 Å². The fourth-order valence-corrected chi connectivity index (χ4v) is 1.21. The Bertz CT molecular complexity index is 301. The largest absolute Gasteiger partial charge is 0.290 e. The molecule has 12 heavy (non-hydrogen) atoms. The smallest absolute Gasteiger partial charge is 0.202 e. The SMILES string of the molecule is CCn1ncnc1C(=O)C1CC1. The van der Waals surface area contributed by atoms with Gasteiger partial charge in [-0.25, -0.2) is 9.67 Å². The molecule has 1 aliphatic rings. The van der Waals surface area contributed by atoms with Gasteiger partial charge in [-0.15, -0.1) is 0 Å². The van der Waals surface area contributed by atoms with Crippen LogP contribution in [0.3, 0.4) is 0 Å². The standard InChI is InChI=1S/C8H11N3O/c1-2-11-8(9-5-10-11)7(12)6-3-4-6/h5-6H,2-4H2,1H3. The zero-order valence-corrected chi connectivity index (χ0v) is 7.03. The van der Waals surface area contributed by atoms with Crippen LogP contribution in [-0.4, -0.2) is 20.5 Å². The molecule has 0 unspecified atom stereocenters. The van der Waals surface area contributed by atoms with Gasteiger partial charge >= 0.3 is 0 Å². The first-order chi connectivity index (χ1) is 5.83. The molecule has 1 aromatic heterocycles. The number of rotatable bonds is 3. The summed E-state index contributed by atoms with van der Waals surface area (Å²) in [5, 5.41) is 3.95. The maximum atomic E-state index is 11.5.